The third-order valence-electron chi connectivity index (χ3n) is 2.92. The quantitative estimate of drug-likeness (QED) is 0.775. The predicted octanol–water partition coefficient (Wildman–Crippen LogP) is 0.449. The number of aliphatic hydroxyl groups is 1. The molecule has 1 aromatic heterocycles. The maximum atomic E-state index is 12.3. The monoisotopic (exact) mass is 303 g/mol. The molecule has 102 valence electrons. The summed E-state index contributed by atoms with van der Waals surface area (Å²) in [5.74, 6) is -1.17. The molecule has 1 aliphatic heterocycles. The van der Waals surface area contributed by atoms with E-state index in [1.807, 2.05) is 0 Å². The highest BCUT2D eigenvalue weighted by atomic mass is 35.5. The highest BCUT2D eigenvalue weighted by molar-refractivity contribution is 6.35. The molecule has 8 heteroatoms. The molecule has 19 heavy (non-hydrogen) atoms. The molecule has 1 aromatic rings. The number of aromatic nitrogens is 1. The maximum Gasteiger partial charge on any atom is 0.256 e. The van der Waals surface area contributed by atoms with E-state index in [0.717, 1.165) is 0 Å². The number of primary amides is 1. The van der Waals surface area contributed by atoms with Crippen molar-refractivity contribution in [1.82, 2.24) is 9.88 Å². The van der Waals surface area contributed by atoms with Crippen LogP contribution >= 0.6 is 23.2 Å². The van der Waals surface area contributed by atoms with E-state index >= 15 is 0 Å². The number of nitrogens with zero attached hydrogens (tertiary/aromatic N) is 2. The zero-order valence-corrected chi connectivity index (χ0v) is 11.2. The number of likely N-dealkylation sites (tertiary alicyclic amines) is 1. The fourth-order valence-electron chi connectivity index (χ4n) is 2.04. The largest absolute Gasteiger partial charge is 0.391 e. The van der Waals surface area contributed by atoms with E-state index in [2.05, 4.69) is 4.98 Å². The van der Waals surface area contributed by atoms with Crippen molar-refractivity contribution in [3.8, 4) is 0 Å². The van der Waals surface area contributed by atoms with E-state index in [9.17, 15) is 14.7 Å². The van der Waals surface area contributed by atoms with Gasteiger partial charge < -0.3 is 15.7 Å². The van der Waals surface area contributed by atoms with Gasteiger partial charge >= 0.3 is 0 Å². The number of aliphatic hydroxyl groups excluding tert-OH is 1. The first-order valence-corrected chi connectivity index (χ1v) is 6.25. The zero-order chi connectivity index (χ0) is 14.2. The molecule has 2 atom stereocenters. The Bertz CT molecular complexity index is 538. The van der Waals surface area contributed by atoms with E-state index in [0.29, 0.717) is 0 Å². The maximum absolute atomic E-state index is 12.3. The van der Waals surface area contributed by atoms with Gasteiger partial charge in [-0.15, -0.1) is 0 Å². The van der Waals surface area contributed by atoms with Crippen LogP contribution in [0.4, 0.5) is 0 Å². The molecule has 6 nitrogen and oxygen atoms in total. The van der Waals surface area contributed by atoms with Gasteiger partial charge in [0, 0.05) is 19.2 Å². The summed E-state index contributed by atoms with van der Waals surface area (Å²) in [6.45, 7) is 0.0305. The molecular formula is C11H11Cl2N3O3. The Morgan fingerprint density at radius 1 is 1.47 bits per heavy atom. The van der Waals surface area contributed by atoms with Gasteiger partial charge in [-0.25, -0.2) is 4.98 Å². The summed E-state index contributed by atoms with van der Waals surface area (Å²) < 4.78 is 0. The van der Waals surface area contributed by atoms with Crippen molar-refractivity contribution >= 4 is 35.0 Å². The van der Waals surface area contributed by atoms with E-state index in [4.69, 9.17) is 28.9 Å². The number of β-amino-alcohol motifs (C(OH)–C–C–N with tert-alkyl or cyclic N) is 1. The van der Waals surface area contributed by atoms with Gasteiger partial charge in [0.25, 0.3) is 5.91 Å². The molecule has 0 saturated carbocycles. The van der Waals surface area contributed by atoms with Crippen LogP contribution in [0.1, 0.15) is 16.8 Å². The number of pyridine rings is 1. The molecule has 0 aliphatic carbocycles. The van der Waals surface area contributed by atoms with E-state index in [-0.39, 0.29) is 28.7 Å². The molecule has 2 amide bonds. The first-order valence-electron chi connectivity index (χ1n) is 5.49. The minimum absolute atomic E-state index is 0.0305. The highest BCUT2D eigenvalue weighted by Gasteiger charge is 2.38. The van der Waals surface area contributed by atoms with Crippen molar-refractivity contribution < 1.29 is 14.7 Å². The SMILES string of the molecule is NC(=O)C1CC(O)CN1C(=O)c1cc(Cl)ncc1Cl. The van der Waals surface area contributed by atoms with Crippen molar-refractivity contribution in [3.63, 3.8) is 0 Å². The lowest BCUT2D eigenvalue weighted by Crippen LogP contribution is -2.43. The summed E-state index contributed by atoms with van der Waals surface area (Å²) >= 11 is 11.6. The number of hydrogen-bond acceptors (Lipinski definition) is 4. The van der Waals surface area contributed by atoms with Gasteiger partial charge in [0.2, 0.25) is 5.91 Å². The van der Waals surface area contributed by atoms with Crippen molar-refractivity contribution in [2.45, 2.75) is 18.6 Å². The molecule has 1 saturated heterocycles. The average Bonchev–Trinajstić information content (AvgIpc) is 2.74. The molecule has 0 bridgehead atoms. The van der Waals surface area contributed by atoms with E-state index in [1.165, 1.54) is 17.2 Å². The lowest BCUT2D eigenvalue weighted by atomic mass is 10.1. The number of rotatable bonds is 2. The third kappa shape index (κ3) is 2.80. The normalized spacial score (nSPS) is 22.6. The summed E-state index contributed by atoms with van der Waals surface area (Å²) in [5, 5.41) is 9.80. The first-order chi connectivity index (χ1) is 8.90. The molecule has 2 rings (SSSR count). The number of carbonyl (C=O) groups excluding carboxylic acids is 2. The Hall–Kier alpha value is -1.37. The fourth-order valence-corrected chi connectivity index (χ4v) is 2.38. The minimum atomic E-state index is -0.842. The molecule has 2 heterocycles. The lowest BCUT2D eigenvalue weighted by molar-refractivity contribution is -0.121. The van der Waals surface area contributed by atoms with Gasteiger partial charge in [0.15, 0.2) is 0 Å². The molecule has 0 spiro atoms. The van der Waals surface area contributed by atoms with E-state index in [1.54, 1.807) is 0 Å². The lowest BCUT2D eigenvalue weighted by Gasteiger charge is -2.22. The smallest absolute Gasteiger partial charge is 0.256 e. The Kier molecular flexibility index (Phi) is 3.93. The van der Waals surface area contributed by atoms with Crippen LogP contribution in [-0.2, 0) is 4.79 Å². The summed E-state index contributed by atoms with van der Waals surface area (Å²) in [6.07, 6.45) is 0.595. The fraction of sp³-hybridized carbons (Fsp3) is 0.364. The van der Waals surface area contributed by atoms with Crippen LogP contribution < -0.4 is 5.73 Å². The molecular weight excluding hydrogens is 293 g/mol. The number of carbonyl (C=O) groups is 2. The van der Waals surface area contributed by atoms with Gasteiger partial charge in [-0.1, -0.05) is 23.2 Å². The molecule has 0 radical (unpaired) electrons. The Balaban J connectivity index is 2.33. The van der Waals surface area contributed by atoms with Gasteiger partial charge in [-0.05, 0) is 6.07 Å². The predicted molar refractivity (Wildman–Crippen MR) is 68.9 cm³/mol. The Morgan fingerprint density at radius 3 is 2.79 bits per heavy atom. The Morgan fingerprint density at radius 2 is 2.16 bits per heavy atom. The number of halogens is 2. The van der Waals surface area contributed by atoms with Crippen LogP contribution in [-0.4, -0.2) is 45.5 Å². The second kappa shape index (κ2) is 5.32. The zero-order valence-electron chi connectivity index (χ0n) is 9.72. The van der Waals surface area contributed by atoms with Crippen LogP contribution in [0.25, 0.3) is 0 Å². The average molecular weight is 304 g/mol. The molecule has 3 N–H and O–H groups in total. The van der Waals surface area contributed by atoms with Crippen molar-refractivity contribution in [3.05, 3.63) is 28.0 Å². The highest BCUT2D eigenvalue weighted by Crippen LogP contribution is 2.25. The third-order valence-corrected chi connectivity index (χ3v) is 3.43. The van der Waals surface area contributed by atoms with Gasteiger partial charge in [0.05, 0.1) is 16.7 Å². The van der Waals surface area contributed by atoms with Crippen LogP contribution in [0.5, 0.6) is 0 Å². The standard InChI is InChI=1S/C11H11Cl2N3O3/c12-7-3-15-9(13)2-6(7)11(19)16-4-5(17)1-8(16)10(14)18/h2-3,5,8,17H,1,4H2,(H2,14,18). The number of amides is 2. The van der Waals surface area contributed by atoms with Gasteiger partial charge in [-0.2, -0.15) is 0 Å². The summed E-state index contributed by atoms with van der Waals surface area (Å²) in [6, 6.07) is 0.472. The summed E-state index contributed by atoms with van der Waals surface area (Å²) in [7, 11) is 0. The van der Waals surface area contributed by atoms with Crippen molar-refractivity contribution in [1.29, 1.82) is 0 Å². The Labute approximate surface area is 119 Å². The van der Waals surface area contributed by atoms with Crippen molar-refractivity contribution in [2.24, 2.45) is 5.73 Å². The van der Waals surface area contributed by atoms with E-state index < -0.39 is 24.0 Å². The van der Waals surface area contributed by atoms with Crippen LogP contribution in [0.2, 0.25) is 10.2 Å². The second-order valence-corrected chi connectivity index (χ2v) is 5.05. The molecule has 2 unspecified atom stereocenters. The summed E-state index contributed by atoms with van der Waals surface area (Å²) in [5.41, 5.74) is 5.35. The van der Waals surface area contributed by atoms with Gasteiger partial charge in [0.1, 0.15) is 11.2 Å². The summed E-state index contributed by atoms with van der Waals surface area (Å²) in [4.78, 5) is 28.5. The topological polar surface area (TPSA) is 96.5 Å². The second-order valence-electron chi connectivity index (χ2n) is 4.25. The van der Waals surface area contributed by atoms with Crippen molar-refractivity contribution in [2.75, 3.05) is 6.54 Å². The number of nitrogens with two attached hydrogens (primary N) is 1. The number of hydrogen-bond donors (Lipinski definition) is 2. The molecule has 0 aromatic carbocycles. The minimum Gasteiger partial charge on any atom is -0.391 e. The first kappa shape index (κ1) is 14.0. The molecule has 1 fully saturated rings. The van der Waals surface area contributed by atoms with Crippen LogP contribution in [0.3, 0.4) is 0 Å². The van der Waals surface area contributed by atoms with Crippen LogP contribution in [0.15, 0.2) is 12.3 Å². The van der Waals surface area contributed by atoms with Crippen LogP contribution in [0, 0.1) is 0 Å². The van der Waals surface area contributed by atoms with Gasteiger partial charge in [-0.3, -0.25) is 9.59 Å². The molecule has 1 aliphatic rings.